The van der Waals surface area contributed by atoms with Crippen molar-refractivity contribution in [2.45, 2.75) is 0 Å². The Bertz CT molecular complexity index is 548. The van der Waals surface area contributed by atoms with Crippen LogP contribution >= 0.6 is 27.7 Å². The molecule has 0 aromatic heterocycles. The number of rotatable bonds is 2. The minimum Gasteiger partial charge on any atom is -0.306 e. The van der Waals surface area contributed by atoms with Gasteiger partial charge in [0.25, 0.3) is 0 Å². The molecular weight excluding hydrogens is 316 g/mol. The lowest BCUT2D eigenvalue weighted by Crippen LogP contribution is -2.26. The molecule has 0 unspecified atom stereocenters. The fraction of sp³-hybridized carbons (Fsp3) is 0. The number of carbonyl (C=O) groups excluding carboxylic acids is 1. The summed E-state index contributed by atoms with van der Waals surface area (Å²) in [5.41, 5.74) is 1.29. The smallest absolute Gasteiger partial charge is 0.306 e. The maximum Gasteiger partial charge on any atom is 0.341 e. The summed E-state index contributed by atoms with van der Waals surface area (Å²) >= 11 is 9.29. The number of nitrogens with one attached hydrogen (secondary N) is 1. The van der Waals surface area contributed by atoms with Gasteiger partial charge in [-0.3, -0.25) is 0 Å². The van der Waals surface area contributed by atoms with Crippen molar-refractivity contribution in [2.75, 3.05) is 9.74 Å². The van der Waals surface area contributed by atoms with Gasteiger partial charge in [0.05, 0.1) is 5.69 Å². The number of anilines is 2. The van der Waals surface area contributed by atoms with Crippen molar-refractivity contribution in [3.63, 3.8) is 0 Å². The topological polar surface area (TPSA) is 32.3 Å². The number of benzene rings is 2. The minimum absolute atomic E-state index is 0.402. The molecule has 0 aliphatic heterocycles. The van der Waals surface area contributed by atoms with Crippen LogP contribution in [0.4, 0.5) is 16.2 Å². The zero-order valence-corrected chi connectivity index (χ0v) is 11.6. The minimum atomic E-state index is -0.402. The molecule has 0 saturated heterocycles. The molecule has 2 amide bonds. The van der Waals surface area contributed by atoms with Crippen LogP contribution in [0.15, 0.2) is 59.1 Å². The van der Waals surface area contributed by atoms with Gasteiger partial charge in [-0.1, -0.05) is 40.2 Å². The molecule has 3 nitrogen and oxygen atoms in total. The van der Waals surface area contributed by atoms with Crippen molar-refractivity contribution in [2.24, 2.45) is 0 Å². The number of hydrogen-bond donors (Lipinski definition) is 1. The summed E-state index contributed by atoms with van der Waals surface area (Å²) in [6, 6.07) is 15.9. The quantitative estimate of drug-likeness (QED) is 0.801. The SMILES string of the molecule is O=C(Nc1cccc(Br)c1)N(Cl)c1ccccc1. The summed E-state index contributed by atoms with van der Waals surface area (Å²) in [7, 11) is 0. The second-order valence-electron chi connectivity index (χ2n) is 3.56. The maximum atomic E-state index is 11.9. The van der Waals surface area contributed by atoms with Crippen LogP contribution in [0.2, 0.25) is 0 Å². The number of halogens is 2. The first-order valence-corrected chi connectivity index (χ1v) is 6.37. The van der Waals surface area contributed by atoms with Gasteiger partial charge in [-0.2, -0.15) is 0 Å². The fourth-order valence-corrected chi connectivity index (χ4v) is 1.97. The Morgan fingerprint density at radius 2 is 1.83 bits per heavy atom. The lowest BCUT2D eigenvalue weighted by atomic mass is 10.3. The molecule has 2 aromatic carbocycles. The molecule has 92 valence electrons. The van der Waals surface area contributed by atoms with Crippen LogP contribution in [-0.2, 0) is 0 Å². The normalized spacial score (nSPS) is 9.89. The molecule has 0 radical (unpaired) electrons. The Hall–Kier alpha value is -1.52. The summed E-state index contributed by atoms with van der Waals surface area (Å²) in [5.74, 6) is 0. The average molecular weight is 326 g/mol. The van der Waals surface area contributed by atoms with Crippen LogP contribution in [0.25, 0.3) is 0 Å². The fourth-order valence-electron chi connectivity index (χ4n) is 1.41. The summed E-state index contributed by atoms with van der Waals surface area (Å²) in [6.07, 6.45) is 0. The van der Waals surface area contributed by atoms with Gasteiger partial charge in [0.1, 0.15) is 0 Å². The number of urea groups is 1. The van der Waals surface area contributed by atoms with E-state index >= 15 is 0 Å². The van der Waals surface area contributed by atoms with Crippen LogP contribution in [0.5, 0.6) is 0 Å². The summed E-state index contributed by atoms with van der Waals surface area (Å²) < 4.78 is 1.93. The van der Waals surface area contributed by atoms with Crippen LogP contribution in [0.3, 0.4) is 0 Å². The van der Waals surface area contributed by atoms with Crippen LogP contribution < -0.4 is 9.74 Å². The Balaban J connectivity index is 2.09. The number of nitrogens with zero attached hydrogens (tertiary/aromatic N) is 1. The lowest BCUT2D eigenvalue weighted by Gasteiger charge is -2.14. The highest BCUT2D eigenvalue weighted by Gasteiger charge is 2.12. The molecule has 5 heteroatoms. The van der Waals surface area contributed by atoms with E-state index in [0.29, 0.717) is 11.4 Å². The van der Waals surface area contributed by atoms with E-state index in [4.69, 9.17) is 11.8 Å². The van der Waals surface area contributed by atoms with Gasteiger partial charge in [-0.25, -0.2) is 9.21 Å². The Morgan fingerprint density at radius 1 is 1.11 bits per heavy atom. The highest BCUT2D eigenvalue weighted by molar-refractivity contribution is 9.10. The first kappa shape index (κ1) is 12.9. The van der Waals surface area contributed by atoms with E-state index in [9.17, 15) is 4.79 Å². The van der Waals surface area contributed by atoms with Crippen LogP contribution in [-0.4, -0.2) is 6.03 Å². The van der Waals surface area contributed by atoms with Crippen LogP contribution in [0.1, 0.15) is 0 Å². The van der Waals surface area contributed by atoms with Gasteiger partial charge in [0.15, 0.2) is 0 Å². The molecule has 0 saturated carbocycles. The van der Waals surface area contributed by atoms with Gasteiger partial charge in [-0.15, -0.1) is 0 Å². The largest absolute Gasteiger partial charge is 0.341 e. The molecule has 0 bridgehead atoms. The van der Waals surface area contributed by atoms with Crippen molar-refractivity contribution in [1.29, 1.82) is 0 Å². The molecule has 2 aromatic rings. The molecule has 0 atom stereocenters. The van der Waals surface area contributed by atoms with Crippen molar-refractivity contribution >= 4 is 45.1 Å². The third-order valence-corrected chi connectivity index (χ3v) is 3.08. The van der Waals surface area contributed by atoms with Gasteiger partial charge >= 0.3 is 6.03 Å². The molecule has 0 heterocycles. The highest BCUT2D eigenvalue weighted by Crippen LogP contribution is 2.19. The zero-order valence-electron chi connectivity index (χ0n) is 9.31. The van der Waals surface area contributed by atoms with Crippen LogP contribution in [0, 0.1) is 0 Å². The van der Waals surface area contributed by atoms with Gasteiger partial charge in [-0.05, 0) is 30.3 Å². The van der Waals surface area contributed by atoms with Crippen molar-refractivity contribution in [3.8, 4) is 0 Å². The monoisotopic (exact) mass is 324 g/mol. The number of carbonyl (C=O) groups is 1. The average Bonchev–Trinajstić information content (AvgIpc) is 2.39. The standard InChI is InChI=1S/C13H10BrClN2O/c14-10-5-4-6-11(9-10)16-13(18)17(15)12-7-2-1-3-8-12/h1-9H,(H,16,18). The third kappa shape index (κ3) is 3.24. The van der Waals surface area contributed by atoms with Crippen molar-refractivity contribution in [1.82, 2.24) is 0 Å². The molecule has 2 rings (SSSR count). The molecule has 0 spiro atoms. The van der Waals surface area contributed by atoms with E-state index in [2.05, 4.69) is 21.2 Å². The van der Waals surface area contributed by atoms with Crippen molar-refractivity contribution < 1.29 is 4.79 Å². The van der Waals surface area contributed by atoms with E-state index in [0.717, 1.165) is 8.89 Å². The summed E-state index contributed by atoms with van der Waals surface area (Å²) in [5, 5.41) is 2.71. The van der Waals surface area contributed by atoms with E-state index in [1.807, 2.05) is 30.3 Å². The highest BCUT2D eigenvalue weighted by atomic mass is 79.9. The molecule has 0 aliphatic carbocycles. The number of amides is 2. The van der Waals surface area contributed by atoms with E-state index in [-0.39, 0.29) is 0 Å². The second-order valence-corrected chi connectivity index (χ2v) is 4.81. The first-order chi connectivity index (χ1) is 8.66. The van der Waals surface area contributed by atoms with E-state index in [1.54, 1.807) is 24.3 Å². The molecule has 0 aliphatic rings. The Morgan fingerprint density at radius 3 is 2.50 bits per heavy atom. The number of para-hydroxylation sites is 1. The molecule has 18 heavy (non-hydrogen) atoms. The maximum absolute atomic E-state index is 11.9. The van der Waals surface area contributed by atoms with Gasteiger partial charge < -0.3 is 5.32 Å². The molecular formula is C13H10BrClN2O. The predicted molar refractivity (Wildman–Crippen MR) is 77.9 cm³/mol. The summed E-state index contributed by atoms with van der Waals surface area (Å²) in [4.78, 5) is 11.9. The predicted octanol–water partition coefficient (Wildman–Crippen LogP) is 4.64. The molecule has 0 fully saturated rings. The lowest BCUT2D eigenvalue weighted by molar-refractivity contribution is 0.260. The Labute approximate surface area is 119 Å². The molecule has 1 N–H and O–H groups in total. The third-order valence-electron chi connectivity index (χ3n) is 2.24. The van der Waals surface area contributed by atoms with E-state index < -0.39 is 6.03 Å². The van der Waals surface area contributed by atoms with E-state index in [1.165, 1.54) is 0 Å². The summed E-state index contributed by atoms with van der Waals surface area (Å²) in [6.45, 7) is 0. The Kier molecular flexibility index (Phi) is 4.23. The van der Waals surface area contributed by atoms with Gasteiger partial charge in [0.2, 0.25) is 0 Å². The number of hydrogen-bond acceptors (Lipinski definition) is 1. The zero-order chi connectivity index (χ0) is 13.0. The van der Waals surface area contributed by atoms with Crippen molar-refractivity contribution in [3.05, 3.63) is 59.1 Å². The second kappa shape index (κ2) is 5.89. The first-order valence-electron chi connectivity index (χ1n) is 5.24. The van der Waals surface area contributed by atoms with Gasteiger partial charge in [0, 0.05) is 21.9 Å².